The molecule has 2 saturated heterocycles. The number of fused-ring (bicyclic) bond motifs is 3. The second-order valence-corrected chi connectivity index (χ2v) is 11.1. The van der Waals surface area contributed by atoms with Crippen LogP contribution in [-0.4, -0.2) is 18.0 Å². The summed E-state index contributed by atoms with van der Waals surface area (Å²) in [6.45, 7) is 6.58. The third-order valence-corrected chi connectivity index (χ3v) is 8.49. The number of hydrogen-bond donors (Lipinski definition) is 0. The van der Waals surface area contributed by atoms with Crippen molar-refractivity contribution in [1.29, 1.82) is 0 Å². The fourth-order valence-corrected chi connectivity index (χ4v) is 6.80. The van der Waals surface area contributed by atoms with Gasteiger partial charge in [-0.1, -0.05) is 83.6 Å². The number of carbonyl (C=O) groups excluding carboxylic acids is 2. The van der Waals surface area contributed by atoms with Crippen LogP contribution in [0.15, 0.2) is 24.3 Å². The third-order valence-electron chi connectivity index (χ3n) is 8.49. The highest BCUT2D eigenvalue weighted by Gasteiger charge is 2.80. The van der Waals surface area contributed by atoms with E-state index in [9.17, 15) is 9.59 Å². The molecule has 4 heteroatoms. The Hall–Kier alpha value is -1.84. The molecule has 1 aromatic carbocycles. The summed E-state index contributed by atoms with van der Waals surface area (Å²) in [6.07, 6.45) is 8.73. The predicted molar refractivity (Wildman–Crippen MR) is 114 cm³/mol. The monoisotopic (exact) mass is 410 g/mol. The van der Waals surface area contributed by atoms with E-state index in [1.165, 1.54) is 5.56 Å². The number of ether oxygens (including phenoxy) is 2. The van der Waals surface area contributed by atoms with Crippen LogP contribution in [0.1, 0.15) is 96.1 Å². The van der Waals surface area contributed by atoms with E-state index < -0.39 is 22.5 Å². The summed E-state index contributed by atoms with van der Waals surface area (Å²) < 4.78 is 12.7. The van der Waals surface area contributed by atoms with Gasteiger partial charge in [0.1, 0.15) is 10.8 Å². The normalized spacial score (nSPS) is 32.2. The second kappa shape index (κ2) is 6.58. The van der Waals surface area contributed by atoms with E-state index in [4.69, 9.17) is 9.47 Å². The van der Waals surface area contributed by atoms with Gasteiger partial charge >= 0.3 is 11.9 Å². The lowest BCUT2D eigenvalue weighted by Gasteiger charge is -2.43. The molecular formula is C26H34O4. The van der Waals surface area contributed by atoms with Crippen LogP contribution < -0.4 is 0 Å². The molecule has 2 saturated carbocycles. The first-order valence-corrected chi connectivity index (χ1v) is 11.8. The number of rotatable bonds is 1. The predicted octanol–water partition coefficient (Wildman–Crippen LogP) is 5.56. The fraction of sp³-hybridized carbons (Fsp3) is 0.692. The Morgan fingerprint density at radius 3 is 1.93 bits per heavy atom. The van der Waals surface area contributed by atoms with Crippen LogP contribution in [0, 0.1) is 10.8 Å². The van der Waals surface area contributed by atoms with Crippen molar-refractivity contribution in [3.05, 3.63) is 35.4 Å². The number of esters is 2. The first-order chi connectivity index (χ1) is 14.3. The van der Waals surface area contributed by atoms with E-state index in [1.54, 1.807) is 0 Å². The molecule has 0 aromatic heterocycles. The van der Waals surface area contributed by atoms with Crippen molar-refractivity contribution < 1.29 is 19.1 Å². The van der Waals surface area contributed by atoms with Crippen LogP contribution in [0.2, 0.25) is 0 Å². The third kappa shape index (κ3) is 2.45. The van der Waals surface area contributed by atoms with E-state index in [1.807, 2.05) is 0 Å². The molecule has 0 N–H and O–H groups in total. The first-order valence-electron chi connectivity index (χ1n) is 11.8. The van der Waals surface area contributed by atoms with Crippen molar-refractivity contribution in [2.24, 2.45) is 10.8 Å². The molecular weight excluding hydrogens is 376 g/mol. The van der Waals surface area contributed by atoms with Crippen LogP contribution >= 0.6 is 0 Å². The second-order valence-electron chi connectivity index (χ2n) is 11.1. The van der Waals surface area contributed by atoms with Crippen molar-refractivity contribution in [3.8, 4) is 0 Å². The molecule has 5 rings (SSSR count). The Balaban J connectivity index is 1.69. The molecule has 0 unspecified atom stereocenters. The Morgan fingerprint density at radius 2 is 1.37 bits per heavy atom. The fourth-order valence-electron chi connectivity index (χ4n) is 6.80. The minimum atomic E-state index is -0.977. The van der Waals surface area contributed by atoms with Crippen molar-refractivity contribution in [1.82, 2.24) is 0 Å². The Kier molecular flexibility index (Phi) is 4.40. The van der Waals surface area contributed by atoms with Gasteiger partial charge in [-0.2, -0.15) is 0 Å². The van der Waals surface area contributed by atoms with E-state index in [2.05, 4.69) is 45.0 Å². The van der Waals surface area contributed by atoms with Crippen LogP contribution in [-0.2, 0) is 30.1 Å². The molecule has 0 radical (unpaired) electrons. The largest absolute Gasteiger partial charge is 0.456 e. The van der Waals surface area contributed by atoms with Crippen molar-refractivity contribution in [2.75, 3.05) is 0 Å². The maximum Gasteiger partial charge on any atom is 0.317 e. The summed E-state index contributed by atoms with van der Waals surface area (Å²) in [4.78, 5) is 27.0. The molecule has 2 atom stereocenters. The molecule has 2 spiro atoms. The van der Waals surface area contributed by atoms with Gasteiger partial charge in [-0.05, 0) is 36.7 Å². The van der Waals surface area contributed by atoms with Gasteiger partial charge in [0.15, 0.2) is 11.7 Å². The minimum Gasteiger partial charge on any atom is -0.456 e. The SMILES string of the molecule is CC(C)(C)c1ccc([C@@]23OC(=O)C4(CCCCC4)[C@H]2OC(=O)C32CCCCC2)cc1. The summed E-state index contributed by atoms with van der Waals surface area (Å²) in [7, 11) is 0. The molecule has 0 bridgehead atoms. The lowest BCUT2D eigenvalue weighted by molar-refractivity contribution is -0.173. The van der Waals surface area contributed by atoms with Crippen LogP contribution in [0.5, 0.6) is 0 Å². The molecule has 2 aliphatic carbocycles. The smallest absolute Gasteiger partial charge is 0.317 e. The average molecular weight is 411 g/mol. The van der Waals surface area contributed by atoms with Gasteiger partial charge < -0.3 is 9.47 Å². The highest BCUT2D eigenvalue weighted by molar-refractivity contribution is 5.90. The Labute approximate surface area is 179 Å². The van der Waals surface area contributed by atoms with Gasteiger partial charge in [0.2, 0.25) is 0 Å². The molecule has 0 amide bonds. The van der Waals surface area contributed by atoms with Crippen molar-refractivity contribution in [3.63, 3.8) is 0 Å². The Bertz CT molecular complexity index is 848. The van der Waals surface area contributed by atoms with Gasteiger partial charge in [-0.15, -0.1) is 0 Å². The van der Waals surface area contributed by atoms with Crippen LogP contribution in [0.25, 0.3) is 0 Å². The molecule has 30 heavy (non-hydrogen) atoms. The Morgan fingerprint density at radius 1 is 0.800 bits per heavy atom. The summed E-state index contributed by atoms with van der Waals surface area (Å²) in [5.41, 5.74) is -0.164. The highest BCUT2D eigenvalue weighted by atomic mass is 16.6. The molecule has 4 nitrogen and oxygen atoms in total. The zero-order valence-electron chi connectivity index (χ0n) is 18.6. The first kappa shape index (κ1) is 20.1. The van der Waals surface area contributed by atoms with Crippen molar-refractivity contribution in [2.45, 2.75) is 102 Å². The van der Waals surface area contributed by atoms with Crippen LogP contribution in [0.4, 0.5) is 0 Å². The summed E-state index contributed by atoms with van der Waals surface area (Å²) in [6, 6.07) is 8.47. The van der Waals surface area contributed by atoms with Gasteiger partial charge in [0.05, 0.1) is 0 Å². The summed E-state index contributed by atoms with van der Waals surface area (Å²) >= 11 is 0. The van der Waals surface area contributed by atoms with Gasteiger partial charge in [-0.3, -0.25) is 9.59 Å². The minimum absolute atomic E-state index is 0.0388. The standard InChI is InChI=1S/C26H34O4/c1-23(2,3)18-10-12-19(13-11-18)26-20(24(21(27)30-26)14-6-4-7-15-24)29-22(28)25(26)16-8-5-9-17-25/h10-13,20H,4-9,14-17H2,1-3H3/t20-,26-/m1/s1. The van der Waals surface area contributed by atoms with E-state index >= 15 is 0 Å². The number of hydrogen-bond acceptors (Lipinski definition) is 4. The topological polar surface area (TPSA) is 52.6 Å². The van der Waals surface area contributed by atoms with Gasteiger partial charge in [0, 0.05) is 5.56 Å². The van der Waals surface area contributed by atoms with Crippen molar-refractivity contribution >= 4 is 11.9 Å². The zero-order valence-corrected chi connectivity index (χ0v) is 18.6. The van der Waals surface area contributed by atoms with E-state index in [-0.39, 0.29) is 17.4 Å². The average Bonchev–Trinajstić information content (AvgIpc) is 3.11. The maximum atomic E-state index is 13.5. The molecule has 4 aliphatic rings. The molecule has 4 fully saturated rings. The van der Waals surface area contributed by atoms with E-state index in [0.29, 0.717) is 0 Å². The molecule has 1 aromatic rings. The lowest BCUT2D eigenvalue weighted by atomic mass is 9.57. The quantitative estimate of drug-likeness (QED) is 0.569. The zero-order chi connectivity index (χ0) is 21.2. The van der Waals surface area contributed by atoms with Crippen LogP contribution in [0.3, 0.4) is 0 Å². The summed E-state index contributed by atoms with van der Waals surface area (Å²) in [5, 5.41) is 0. The molecule has 2 aliphatic heterocycles. The van der Waals surface area contributed by atoms with Gasteiger partial charge in [-0.25, -0.2) is 0 Å². The number of benzene rings is 1. The summed E-state index contributed by atoms with van der Waals surface area (Å²) in [5.74, 6) is -0.269. The molecule has 162 valence electrons. The molecule has 2 heterocycles. The highest BCUT2D eigenvalue weighted by Crippen LogP contribution is 2.68. The van der Waals surface area contributed by atoms with Gasteiger partial charge in [0.25, 0.3) is 0 Å². The van der Waals surface area contributed by atoms with E-state index in [0.717, 1.165) is 69.8 Å². The lowest BCUT2D eigenvalue weighted by Crippen LogP contribution is -2.52. The maximum absolute atomic E-state index is 13.5. The number of carbonyl (C=O) groups is 2.